The summed E-state index contributed by atoms with van der Waals surface area (Å²) in [4.78, 5) is 1.79. The van der Waals surface area contributed by atoms with E-state index in [0.717, 1.165) is 43.6 Å². The lowest BCUT2D eigenvalue weighted by Gasteiger charge is -2.54. The molecular weight excluding hydrogens is 394 g/mol. The third-order valence-corrected chi connectivity index (χ3v) is 9.89. The van der Waals surface area contributed by atoms with Gasteiger partial charge in [-0.1, -0.05) is 42.6 Å². The highest BCUT2D eigenvalue weighted by Gasteiger charge is 2.56. The molecule has 32 heavy (non-hydrogen) atoms. The summed E-state index contributed by atoms with van der Waals surface area (Å²) in [5.41, 5.74) is 2.44. The van der Waals surface area contributed by atoms with E-state index >= 15 is 0 Å². The van der Waals surface area contributed by atoms with Gasteiger partial charge in [-0.15, -0.1) is 0 Å². The Morgan fingerprint density at radius 3 is 2.72 bits per heavy atom. The predicted molar refractivity (Wildman–Crippen MR) is 125 cm³/mol. The van der Waals surface area contributed by atoms with Crippen LogP contribution >= 0.6 is 0 Å². The molecule has 4 nitrogen and oxygen atoms in total. The first-order valence-corrected chi connectivity index (χ1v) is 12.9. The van der Waals surface area contributed by atoms with E-state index in [1.165, 1.54) is 56.1 Å². The Bertz CT molecular complexity index is 980. The number of aliphatic hydroxyl groups is 1. The van der Waals surface area contributed by atoms with Crippen LogP contribution in [0.5, 0.6) is 0 Å². The Labute approximate surface area is 192 Å². The number of hydrogen-bond donors (Lipinski definition) is 1. The summed E-state index contributed by atoms with van der Waals surface area (Å²) in [6, 6.07) is 0. The molecular formula is C28H37N3O. The first-order chi connectivity index (χ1) is 15.5. The number of allylic oxidation sites excluding steroid dienone is 2. The van der Waals surface area contributed by atoms with Crippen LogP contribution in [0, 0.1) is 52.8 Å². The van der Waals surface area contributed by atoms with Crippen LogP contribution in [0.2, 0.25) is 0 Å². The molecule has 1 heterocycles. The molecule has 4 saturated carbocycles. The van der Waals surface area contributed by atoms with E-state index in [-0.39, 0.29) is 0 Å². The number of nitrogens with zero attached hydrogens (tertiary/aromatic N) is 3. The van der Waals surface area contributed by atoms with Crippen molar-refractivity contribution in [1.29, 1.82) is 0 Å². The van der Waals surface area contributed by atoms with Crippen molar-refractivity contribution in [2.24, 2.45) is 40.9 Å². The average molecular weight is 432 g/mol. The number of fused-ring (bicyclic) bond motifs is 5. The standard InChI is InChI=1S/C28H37N3O/c1-19(18-31-29-15-16-30-31)25-7-8-26-24-6-5-21-17-28(32,13-9-20-3-4-20)14-11-22(21)23(24)10-12-27(25,26)2/h5,15-16,20,22-26,32H,1,3-4,6-8,10-12,14,17-18H2,2H3/t22-,23+,24+,25+,26-,27+,28-/m0/s1. The van der Waals surface area contributed by atoms with E-state index in [1.807, 2.05) is 0 Å². The Hall–Kier alpha value is -1.86. The molecule has 0 aliphatic heterocycles. The molecule has 0 bridgehead atoms. The molecule has 0 unspecified atom stereocenters. The fourth-order valence-corrected chi connectivity index (χ4v) is 8.15. The molecule has 0 aromatic carbocycles. The lowest BCUT2D eigenvalue weighted by molar-refractivity contribution is -0.0205. The summed E-state index contributed by atoms with van der Waals surface area (Å²) in [5.74, 6) is 10.8. The van der Waals surface area contributed by atoms with Gasteiger partial charge in [0, 0.05) is 12.3 Å². The summed E-state index contributed by atoms with van der Waals surface area (Å²) in [5, 5.41) is 19.8. The van der Waals surface area contributed by atoms with Crippen LogP contribution in [0.3, 0.4) is 0 Å². The zero-order valence-electron chi connectivity index (χ0n) is 19.5. The van der Waals surface area contributed by atoms with Crippen LogP contribution in [-0.4, -0.2) is 25.7 Å². The number of rotatable bonds is 3. The molecule has 0 radical (unpaired) electrons. The van der Waals surface area contributed by atoms with E-state index in [2.05, 4.69) is 41.6 Å². The van der Waals surface area contributed by atoms with Crippen molar-refractivity contribution in [3.05, 3.63) is 36.2 Å². The minimum Gasteiger partial charge on any atom is -0.377 e. The fraction of sp³-hybridized carbons (Fsp3) is 0.714. The van der Waals surface area contributed by atoms with Gasteiger partial charge in [-0.2, -0.15) is 15.0 Å². The van der Waals surface area contributed by atoms with Gasteiger partial charge in [0.2, 0.25) is 0 Å². The molecule has 7 atom stereocenters. The maximum atomic E-state index is 11.1. The van der Waals surface area contributed by atoms with Gasteiger partial charge in [0.1, 0.15) is 5.60 Å². The van der Waals surface area contributed by atoms with Gasteiger partial charge in [0.15, 0.2) is 0 Å². The van der Waals surface area contributed by atoms with Gasteiger partial charge in [-0.05, 0) is 92.8 Å². The Balaban J connectivity index is 1.18. The monoisotopic (exact) mass is 431 g/mol. The van der Waals surface area contributed by atoms with Gasteiger partial charge in [0.25, 0.3) is 0 Å². The zero-order valence-corrected chi connectivity index (χ0v) is 19.5. The molecule has 6 rings (SSSR count). The number of hydrogen-bond acceptors (Lipinski definition) is 3. The predicted octanol–water partition coefficient (Wildman–Crippen LogP) is 5.17. The SMILES string of the molecule is C=C(Cn1nccn1)[C@H]1CC[C@H]2[C@@H]3CC=C4C[C@](O)(C#CC5CC5)CC[C@@H]4[C@H]3CC[C@]12C. The van der Waals surface area contributed by atoms with E-state index in [1.54, 1.807) is 17.2 Å². The van der Waals surface area contributed by atoms with Gasteiger partial charge in [-0.25, -0.2) is 0 Å². The molecule has 0 spiro atoms. The molecule has 5 aliphatic carbocycles. The Morgan fingerprint density at radius 1 is 1.12 bits per heavy atom. The van der Waals surface area contributed by atoms with Crippen LogP contribution in [0.1, 0.15) is 71.1 Å². The van der Waals surface area contributed by atoms with E-state index in [0.29, 0.717) is 23.2 Å². The first kappa shape index (κ1) is 20.7. The summed E-state index contributed by atoms with van der Waals surface area (Å²) >= 11 is 0. The summed E-state index contributed by atoms with van der Waals surface area (Å²) in [7, 11) is 0. The van der Waals surface area contributed by atoms with Crippen molar-refractivity contribution in [2.45, 2.75) is 83.3 Å². The minimum atomic E-state index is -0.766. The summed E-state index contributed by atoms with van der Waals surface area (Å²) in [6.45, 7) is 7.82. The van der Waals surface area contributed by atoms with Crippen LogP contribution in [-0.2, 0) is 6.54 Å². The highest BCUT2D eigenvalue weighted by atomic mass is 16.3. The summed E-state index contributed by atoms with van der Waals surface area (Å²) in [6.07, 6.45) is 17.7. The second kappa shape index (κ2) is 7.59. The Kier molecular flexibility index (Phi) is 4.92. The molecule has 4 fully saturated rings. The van der Waals surface area contributed by atoms with Crippen LogP contribution in [0.4, 0.5) is 0 Å². The highest BCUT2D eigenvalue weighted by Crippen LogP contribution is 2.64. The topological polar surface area (TPSA) is 50.9 Å². The third kappa shape index (κ3) is 3.48. The van der Waals surface area contributed by atoms with Crippen molar-refractivity contribution in [3.63, 3.8) is 0 Å². The van der Waals surface area contributed by atoms with Crippen molar-refractivity contribution in [2.75, 3.05) is 0 Å². The van der Waals surface area contributed by atoms with Crippen molar-refractivity contribution >= 4 is 0 Å². The molecule has 170 valence electrons. The molecule has 1 aromatic heterocycles. The quantitative estimate of drug-likeness (QED) is 0.531. The maximum absolute atomic E-state index is 11.1. The van der Waals surface area contributed by atoms with E-state index in [9.17, 15) is 5.11 Å². The smallest absolute Gasteiger partial charge is 0.129 e. The highest BCUT2D eigenvalue weighted by molar-refractivity contribution is 5.29. The lowest BCUT2D eigenvalue weighted by atomic mass is 9.51. The molecule has 4 heteroatoms. The van der Waals surface area contributed by atoms with E-state index in [4.69, 9.17) is 0 Å². The summed E-state index contributed by atoms with van der Waals surface area (Å²) < 4.78 is 0. The van der Waals surface area contributed by atoms with Gasteiger partial charge in [0.05, 0.1) is 18.9 Å². The van der Waals surface area contributed by atoms with Crippen LogP contribution in [0.25, 0.3) is 0 Å². The lowest BCUT2D eigenvalue weighted by Crippen LogP contribution is -2.47. The largest absolute Gasteiger partial charge is 0.377 e. The van der Waals surface area contributed by atoms with Gasteiger partial charge < -0.3 is 5.11 Å². The third-order valence-electron chi connectivity index (χ3n) is 9.89. The van der Waals surface area contributed by atoms with E-state index < -0.39 is 5.60 Å². The molecule has 1 N–H and O–H groups in total. The maximum Gasteiger partial charge on any atom is 0.129 e. The van der Waals surface area contributed by atoms with Crippen molar-refractivity contribution in [1.82, 2.24) is 15.0 Å². The minimum absolute atomic E-state index is 0.363. The second-order valence-electron chi connectivity index (χ2n) is 11.7. The van der Waals surface area contributed by atoms with Crippen molar-refractivity contribution in [3.8, 4) is 11.8 Å². The van der Waals surface area contributed by atoms with Crippen LogP contribution < -0.4 is 0 Å². The normalized spacial score (nSPS) is 42.7. The molecule has 0 amide bonds. The van der Waals surface area contributed by atoms with Gasteiger partial charge >= 0.3 is 0 Å². The zero-order chi connectivity index (χ0) is 21.9. The van der Waals surface area contributed by atoms with Crippen molar-refractivity contribution < 1.29 is 5.11 Å². The van der Waals surface area contributed by atoms with Crippen LogP contribution in [0.15, 0.2) is 36.2 Å². The Morgan fingerprint density at radius 2 is 1.94 bits per heavy atom. The molecule has 1 aromatic rings. The first-order valence-electron chi connectivity index (χ1n) is 12.9. The second-order valence-corrected chi connectivity index (χ2v) is 11.7. The molecule has 0 saturated heterocycles. The molecule has 5 aliphatic rings. The number of aromatic nitrogens is 3. The average Bonchev–Trinajstić information content (AvgIpc) is 3.34. The fourth-order valence-electron chi connectivity index (χ4n) is 8.15. The van der Waals surface area contributed by atoms with Gasteiger partial charge in [-0.3, -0.25) is 0 Å².